The summed E-state index contributed by atoms with van der Waals surface area (Å²) in [5.41, 5.74) is 2.66. The van der Waals surface area contributed by atoms with Crippen LogP contribution in [0.4, 0.5) is 5.69 Å². The fourth-order valence-corrected chi connectivity index (χ4v) is 2.84. The average molecular weight is 326 g/mol. The maximum absolute atomic E-state index is 12.0. The highest BCUT2D eigenvalue weighted by Crippen LogP contribution is 2.24. The summed E-state index contributed by atoms with van der Waals surface area (Å²) in [6, 6.07) is 11.3. The van der Waals surface area contributed by atoms with E-state index in [4.69, 9.17) is 0 Å². The predicted molar refractivity (Wildman–Crippen MR) is 92.3 cm³/mol. The lowest BCUT2D eigenvalue weighted by Crippen LogP contribution is -2.17. The van der Waals surface area contributed by atoms with Gasteiger partial charge in [-0.25, -0.2) is 4.68 Å². The Morgan fingerprint density at radius 2 is 1.91 bits per heavy atom. The van der Waals surface area contributed by atoms with Crippen molar-refractivity contribution in [3.63, 3.8) is 0 Å². The molecular weight excluding hydrogens is 308 g/mol. The number of carbonyl (C=O) groups excluding carboxylic acids is 1. The van der Waals surface area contributed by atoms with Gasteiger partial charge in [0.2, 0.25) is 0 Å². The zero-order chi connectivity index (χ0) is 16.4. The first-order valence-corrected chi connectivity index (χ1v) is 8.19. The number of aromatic nitrogens is 3. The van der Waals surface area contributed by atoms with E-state index in [9.17, 15) is 4.79 Å². The van der Waals surface area contributed by atoms with Crippen molar-refractivity contribution in [3.05, 3.63) is 58.5 Å². The number of thiophene rings is 1. The van der Waals surface area contributed by atoms with Gasteiger partial charge in [-0.1, -0.05) is 32.1 Å². The van der Waals surface area contributed by atoms with Crippen LogP contribution in [-0.2, 0) is 5.41 Å². The van der Waals surface area contributed by atoms with Gasteiger partial charge in [0, 0.05) is 11.1 Å². The molecule has 6 heteroatoms. The SMILES string of the molecule is CC(C)(C)c1cnnn1-c1ccc(NC(=O)c2cccs2)cc1. The molecule has 0 spiro atoms. The van der Waals surface area contributed by atoms with Crippen LogP contribution in [0.25, 0.3) is 5.69 Å². The number of hydrogen-bond donors (Lipinski definition) is 1. The third-order valence-corrected chi connectivity index (χ3v) is 4.30. The summed E-state index contributed by atoms with van der Waals surface area (Å²) in [4.78, 5) is 12.7. The van der Waals surface area contributed by atoms with Crippen LogP contribution >= 0.6 is 11.3 Å². The van der Waals surface area contributed by atoms with Crippen molar-refractivity contribution in [1.29, 1.82) is 0 Å². The molecule has 3 aromatic rings. The summed E-state index contributed by atoms with van der Waals surface area (Å²) in [7, 11) is 0. The van der Waals surface area contributed by atoms with E-state index < -0.39 is 0 Å². The molecule has 0 fully saturated rings. The van der Waals surface area contributed by atoms with Gasteiger partial charge in [0.1, 0.15) is 0 Å². The van der Waals surface area contributed by atoms with Crippen LogP contribution in [0.15, 0.2) is 48.0 Å². The monoisotopic (exact) mass is 326 g/mol. The Labute approximate surface area is 139 Å². The molecule has 0 saturated heterocycles. The van der Waals surface area contributed by atoms with Crippen LogP contribution in [0.2, 0.25) is 0 Å². The number of nitrogens with one attached hydrogen (secondary N) is 1. The molecule has 0 aliphatic carbocycles. The Balaban J connectivity index is 1.80. The molecule has 23 heavy (non-hydrogen) atoms. The normalized spacial score (nSPS) is 11.4. The zero-order valence-electron chi connectivity index (χ0n) is 13.3. The molecule has 1 N–H and O–H groups in total. The number of carbonyl (C=O) groups is 1. The summed E-state index contributed by atoms with van der Waals surface area (Å²) >= 11 is 1.42. The highest BCUT2D eigenvalue weighted by molar-refractivity contribution is 7.12. The second-order valence-electron chi connectivity index (χ2n) is 6.26. The van der Waals surface area contributed by atoms with Gasteiger partial charge < -0.3 is 5.32 Å². The van der Waals surface area contributed by atoms with Crippen molar-refractivity contribution in [2.24, 2.45) is 0 Å². The number of hydrogen-bond acceptors (Lipinski definition) is 4. The van der Waals surface area contributed by atoms with Crippen LogP contribution < -0.4 is 5.32 Å². The molecule has 0 atom stereocenters. The Morgan fingerprint density at radius 3 is 2.52 bits per heavy atom. The summed E-state index contributed by atoms with van der Waals surface area (Å²) in [5.74, 6) is -0.0936. The van der Waals surface area contributed by atoms with Gasteiger partial charge >= 0.3 is 0 Å². The van der Waals surface area contributed by atoms with Gasteiger partial charge in [-0.2, -0.15) is 0 Å². The van der Waals surface area contributed by atoms with Gasteiger partial charge in [0.05, 0.1) is 22.5 Å². The van der Waals surface area contributed by atoms with E-state index in [1.807, 2.05) is 40.4 Å². The average Bonchev–Trinajstić information content (AvgIpc) is 3.19. The second-order valence-corrected chi connectivity index (χ2v) is 7.21. The third kappa shape index (κ3) is 3.32. The molecule has 0 radical (unpaired) electrons. The van der Waals surface area contributed by atoms with Crippen molar-refractivity contribution >= 4 is 22.9 Å². The smallest absolute Gasteiger partial charge is 0.265 e. The minimum absolute atomic E-state index is 0.0461. The Kier molecular flexibility index (Phi) is 4.00. The number of amides is 1. The second kappa shape index (κ2) is 5.96. The van der Waals surface area contributed by atoms with Gasteiger partial charge in [0.15, 0.2) is 0 Å². The fourth-order valence-electron chi connectivity index (χ4n) is 2.22. The van der Waals surface area contributed by atoms with E-state index in [1.54, 1.807) is 12.3 Å². The Morgan fingerprint density at radius 1 is 1.17 bits per heavy atom. The fraction of sp³-hybridized carbons (Fsp3) is 0.235. The van der Waals surface area contributed by atoms with E-state index >= 15 is 0 Å². The molecular formula is C17H18N4OS. The van der Waals surface area contributed by atoms with Crippen molar-refractivity contribution in [1.82, 2.24) is 15.0 Å². The largest absolute Gasteiger partial charge is 0.321 e. The number of rotatable bonds is 3. The number of nitrogens with zero attached hydrogens (tertiary/aromatic N) is 3. The lowest BCUT2D eigenvalue weighted by molar-refractivity contribution is 0.103. The maximum atomic E-state index is 12.0. The van der Waals surface area contributed by atoms with Crippen molar-refractivity contribution in [3.8, 4) is 5.69 Å². The molecule has 0 saturated carbocycles. The Bertz CT molecular complexity index is 798. The van der Waals surface area contributed by atoms with Crippen LogP contribution in [-0.4, -0.2) is 20.9 Å². The third-order valence-electron chi connectivity index (χ3n) is 3.43. The molecule has 0 aliphatic rings. The first-order chi connectivity index (χ1) is 10.9. The molecule has 0 aliphatic heterocycles. The van der Waals surface area contributed by atoms with E-state index in [2.05, 4.69) is 36.4 Å². The van der Waals surface area contributed by atoms with Crippen molar-refractivity contribution in [2.75, 3.05) is 5.32 Å². The molecule has 0 unspecified atom stereocenters. The molecule has 1 aromatic carbocycles. The highest BCUT2D eigenvalue weighted by Gasteiger charge is 2.20. The van der Waals surface area contributed by atoms with Gasteiger partial charge in [-0.15, -0.1) is 16.4 Å². The molecule has 5 nitrogen and oxygen atoms in total. The highest BCUT2D eigenvalue weighted by atomic mass is 32.1. The minimum atomic E-state index is -0.0936. The van der Waals surface area contributed by atoms with Crippen LogP contribution in [0.3, 0.4) is 0 Å². The van der Waals surface area contributed by atoms with Crippen molar-refractivity contribution < 1.29 is 4.79 Å². The number of benzene rings is 1. The summed E-state index contributed by atoms with van der Waals surface area (Å²) in [5, 5.41) is 13.0. The van der Waals surface area contributed by atoms with Crippen molar-refractivity contribution in [2.45, 2.75) is 26.2 Å². The van der Waals surface area contributed by atoms with E-state index in [-0.39, 0.29) is 11.3 Å². The van der Waals surface area contributed by atoms with E-state index in [0.717, 1.165) is 17.1 Å². The molecule has 2 aromatic heterocycles. The lowest BCUT2D eigenvalue weighted by Gasteiger charge is -2.19. The topological polar surface area (TPSA) is 59.8 Å². The van der Waals surface area contributed by atoms with Gasteiger partial charge in [-0.3, -0.25) is 4.79 Å². The molecule has 118 valence electrons. The molecule has 3 rings (SSSR count). The zero-order valence-corrected chi connectivity index (χ0v) is 14.1. The van der Waals surface area contributed by atoms with Crippen LogP contribution in [0.5, 0.6) is 0 Å². The molecule has 1 amide bonds. The maximum Gasteiger partial charge on any atom is 0.265 e. The van der Waals surface area contributed by atoms with Crippen LogP contribution in [0, 0.1) is 0 Å². The minimum Gasteiger partial charge on any atom is -0.321 e. The van der Waals surface area contributed by atoms with Gasteiger partial charge in [0.25, 0.3) is 5.91 Å². The van der Waals surface area contributed by atoms with E-state index in [0.29, 0.717) is 4.88 Å². The first kappa shape index (κ1) is 15.4. The lowest BCUT2D eigenvalue weighted by atomic mass is 9.92. The first-order valence-electron chi connectivity index (χ1n) is 7.31. The van der Waals surface area contributed by atoms with E-state index in [1.165, 1.54) is 11.3 Å². The summed E-state index contributed by atoms with van der Waals surface area (Å²) in [6.45, 7) is 6.37. The predicted octanol–water partition coefficient (Wildman–Crippen LogP) is 3.88. The quantitative estimate of drug-likeness (QED) is 0.794. The standard InChI is InChI=1S/C17H18N4OS/c1-17(2,3)15-11-18-20-21(15)13-8-6-12(7-9-13)19-16(22)14-5-4-10-23-14/h4-11H,1-3H3,(H,19,22). The summed E-state index contributed by atoms with van der Waals surface area (Å²) < 4.78 is 1.82. The molecule has 0 bridgehead atoms. The summed E-state index contributed by atoms with van der Waals surface area (Å²) in [6.07, 6.45) is 1.78. The molecule has 2 heterocycles. The van der Waals surface area contributed by atoms with Gasteiger partial charge in [-0.05, 0) is 35.7 Å². The number of anilines is 1. The Hall–Kier alpha value is -2.47. The van der Waals surface area contributed by atoms with Crippen LogP contribution in [0.1, 0.15) is 36.1 Å².